The van der Waals surface area contributed by atoms with Crippen molar-refractivity contribution in [1.29, 1.82) is 0 Å². The van der Waals surface area contributed by atoms with Crippen LogP contribution >= 0.6 is 0 Å². The van der Waals surface area contributed by atoms with Gasteiger partial charge in [0, 0.05) is 30.4 Å². The number of ether oxygens (including phenoxy) is 1. The first kappa shape index (κ1) is 19.4. The number of nitrogens with one attached hydrogen (secondary N) is 1. The molecule has 0 spiro atoms. The zero-order chi connectivity index (χ0) is 21.5. The third-order valence-corrected chi connectivity index (χ3v) is 5.94. The van der Waals surface area contributed by atoms with Gasteiger partial charge in [-0.05, 0) is 61.7 Å². The van der Waals surface area contributed by atoms with Crippen LogP contribution in [0.3, 0.4) is 0 Å². The standard InChI is InChI=1S/C23H25N7O/c1-13-6-15(7-16-10-30(3)5-4-17(13)16)19-9-25-21(24)23(29-19)31-11-18-14(2)8-26-22-20(18)27-12-28-22/h6-9,12H,4-5,10-11H2,1-3H3,(H2,24,25)(H,26,27,28). The summed E-state index contributed by atoms with van der Waals surface area (Å²) >= 11 is 0. The number of aromatic amines is 1. The minimum absolute atomic E-state index is 0.269. The summed E-state index contributed by atoms with van der Waals surface area (Å²) < 4.78 is 6.02. The van der Waals surface area contributed by atoms with Crippen molar-refractivity contribution in [2.45, 2.75) is 33.4 Å². The number of nitrogen functional groups attached to an aromatic ring is 1. The normalized spacial score (nSPS) is 14.0. The van der Waals surface area contributed by atoms with Crippen LogP contribution in [0.2, 0.25) is 0 Å². The van der Waals surface area contributed by atoms with Crippen LogP contribution < -0.4 is 10.5 Å². The van der Waals surface area contributed by atoms with Crippen molar-refractivity contribution in [1.82, 2.24) is 29.8 Å². The predicted octanol–water partition coefficient (Wildman–Crippen LogP) is 3.18. The van der Waals surface area contributed by atoms with E-state index < -0.39 is 0 Å². The molecule has 0 atom stereocenters. The summed E-state index contributed by atoms with van der Waals surface area (Å²) in [7, 11) is 2.15. The van der Waals surface area contributed by atoms with Gasteiger partial charge in [-0.25, -0.2) is 19.9 Å². The van der Waals surface area contributed by atoms with E-state index in [1.807, 2.05) is 6.92 Å². The van der Waals surface area contributed by atoms with Gasteiger partial charge < -0.3 is 20.4 Å². The molecule has 158 valence electrons. The number of benzene rings is 1. The van der Waals surface area contributed by atoms with Gasteiger partial charge in [0.1, 0.15) is 6.61 Å². The number of hydrogen-bond donors (Lipinski definition) is 2. The minimum atomic E-state index is 0.269. The Bertz CT molecular complexity index is 1280. The fourth-order valence-electron chi connectivity index (χ4n) is 4.20. The van der Waals surface area contributed by atoms with Gasteiger partial charge in [-0.1, -0.05) is 0 Å². The molecule has 5 rings (SSSR count). The molecule has 0 aliphatic carbocycles. The van der Waals surface area contributed by atoms with Gasteiger partial charge in [-0.15, -0.1) is 0 Å². The molecule has 31 heavy (non-hydrogen) atoms. The lowest BCUT2D eigenvalue weighted by Gasteiger charge is -2.27. The van der Waals surface area contributed by atoms with Gasteiger partial charge in [-0.2, -0.15) is 0 Å². The predicted molar refractivity (Wildman–Crippen MR) is 120 cm³/mol. The SMILES string of the molecule is Cc1cc(-c2cnc(N)c(OCc3c(C)cnc4nc[nH]c34)n2)cc2c1CCN(C)C2. The smallest absolute Gasteiger partial charge is 0.258 e. The molecule has 0 radical (unpaired) electrons. The van der Waals surface area contributed by atoms with Crippen LogP contribution in [0.4, 0.5) is 5.82 Å². The summed E-state index contributed by atoms with van der Waals surface area (Å²) in [5, 5.41) is 0. The fraction of sp³-hybridized carbons (Fsp3) is 0.304. The van der Waals surface area contributed by atoms with E-state index in [4.69, 9.17) is 15.5 Å². The van der Waals surface area contributed by atoms with Gasteiger partial charge in [0.25, 0.3) is 5.88 Å². The molecule has 8 heteroatoms. The van der Waals surface area contributed by atoms with E-state index in [1.54, 1.807) is 18.7 Å². The Kier molecular flexibility index (Phi) is 4.78. The van der Waals surface area contributed by atoms with E-state index in [0.717, 1.165) is 47.4 Å². The molecule has 0 saturated carbocycles. The monoisotopic (exact) mass is 415 g/mol. The van der Waals surface area contributed by atoms with Crippen molar-refractivity contribution in [3.05, 3.63) is 58.7 Å². The highest BCUT2D eigenvalue weighted by molar-refractivity contribution is 5.75. The molecule has 0 unspecified atom stereocenters. The second-order valence-electron chi connectivity index (χ2n) is 8.17. The van der Waals surface area contributed by atoms with Crippen LogP contribution in [-0.2, 0) is 19.6 Å². The number of imidazole rings is 1. The molecule has 8 nitrogen and oxygen atoms in total. The molecule has 0 bridgehead atoms. The van der Waals surface area contributed by atoms with E-state index in [-0.39, 0.29) is 5.82 Å². The Balaban J connectivity index is 1.46. The summed E-state index contributed by atoms with van der Waals surface area (Å²) in [4.78, 5) is 23.1. The van der Waals surface area contributed by atoms with Crippen molar-refractivity contribution in [2.24, 2.45) is 0 Å². The average molecular weight is 416 g/mol. The topological polar surface area (TPSA) is 106 Å². The number of nitrogens with two attached hydrogens (primary N) is 1. The largest absolute Gasteiger partial charge is 0.470 e. The summed E-state index contributed by atoms with van der Waals surface area (Å²) in [5.41, 5.74) is 15.4. The molecule has 1 aliphatic heterocycles. The number of H-pyrrole nitrogens is 1. The molecule has 0 amide bonds. The number of hydrogen-bond acceptors (Lipinski definition) is 7. The number of aromatic nitrogens is 5. The first-order valence-electron chi connectivity index (χ1n) is 10.3. The molecule has 3 aromatic heterocycles. The van der Waals surface area contributed by atoms with Crippen molar-refractivity contribution >= 4 is 17.0 Å². The summed E-state index contributed by atoms with van der Waals surface area (Å²) in [6, 6.07) is 4.39. The molecule has 1 aliphatic rings. The number of nitrogens with zero attached hydrogens (tertiary/aromatic N) is 5. The molecule has 1 aromatic carbocycles. The quantitative estimate of drug-likeness (QED) is 0.527. The lowest BCUT2D eigenvalue weighted by atomic mass is 9.92. The first-order chi connectivity index (χ1) is 15.0. The van der Waals surface area contributed by atoms with E-state index in [0.29, 0.717) is 18.1 Å². The second kappa shape index (κ2) is 7.63. The van der Waals surface area contributed by atoms with Crippen LogP contribution in [0, 0.1) is 13.8 Å². The second-order valence-corrected chi connectivity index (χ2v) is 8.17. The average Bonchev–Trinajstić information content (AvgIpc) is 3.22. The molecular formula is C23H25N7O. The van der Waals surface area contributed by atoms with E-state index in [1.165, 1.54) is 16.7 Å². The number of pyridine rings is 1. The summed E-state index contributed by atoms with van der Waals surface area (Å²) in [6.45, 7) is 6.48. The van der Waals surface area contributed by atoms with Crippen LogP contribution in [0.1, 0.15) is 27.8 Å². The van der Waals surface area contributed by atoms with E-state index in [9.17, 15) is 0 Å². The Labute approximate surface area is 180 Å². The molecule has 0 fully saturated rings. The molecule has 4 aromatic rings. The van der Waals surface area contributed by atoms with Crippen LogP contribution in [-0.4, -0.2) is 43.4 Å². The number of fused-ring (bicyclic) bond motifs is 2. The van der Waals surface area contributed by atoms with E-state index >= 15 is 0 Å². The molecular weight excluding hydrogens is 390 g/mol. The number of aryl methyl sites for hydroxylation is 2. The Morgan fingerprint density at radius 1 is 1.13 bits per heavy atom. The third kappa shape index (κ3) is 3.59. The Morgan fingerprint density at radius 3 is 2.87 bits per heavy atom. The minimum Gasteiger partial charge on any atom is -0.470 e. The maximum absolute atomic E-state index is 6.08. The van der Waals surface area contributed by atoms with Crippen molar-refractivity contribution in [3.8, 4) is 17.1 Å². The summed E-state index contributed by atoms with van der Waals surface area (Å²) in [6.07, 6.45) is 6.21. The number of rotatable bonds is 4. The fourth-order valence-corrected chi connectivity index (χ4v) is 4.20. The van der Waals surface area contributed by atoms with Gasteiger partial charge in [-0.3, -0.25) is 0 Å². The number of anilines is 1. The zero-order valence-electron chi connectivity index (χ0n) is 17.9. The van der Waals surface area contributed by atoms with Crippen LogP contribution in [0.15, 0.2) is 30.9 Å². The maximum Gasteiger partial charge on any atom is 0.258 e. The van der Waals surface area contributed by atoms with Crippen molar-refractivity contribution in [3.63, 3.8) is 0 Å². The highest BCUT2D eigenvalue weighted by Gasteiger charge is 2.18. The molecule has 4 heterocycles. The lowest BCUT2D eigenvalue weighted by Crippen LogP contribution is -2.27. The maximum atomic E-state index is 6.08. The van der Waals surface area contributed by atoms with Gasteiger partial charge in [0.2, 0.25) is 0 Å². The van der Waals surface area contributed by atoms with Crippen LogP contribution in [0.25, 0.3) is 22.4 Å². The van der Waals surface area contributed by atoms with Crippen molar-refractivity contribution in [2.75, 3.05) is 19.3 Å². The van der Waals surface area contributed by atoms with Crippen LogP contribution in [0.5, 0.6) is 5.88 Å². The molecule has 3 N–H and O–H groups in total. The highest BCUT2D eigenvalue weighted by Crippen LogP contribution is 2.30. The first-order valence-corrected chi connectivity index (χ1v) is 10.3. The van der Waals surface area contributed by atoms with Gasteiger partial charge in [0.05, 0.1) is 23.7 Å². The Hall–Kier alpha value is -3.52. The summed E-state index contributed by atoms with van der Waals surface area (Å²) in [5.74, 6) is 0.597. The Morgan fingerprint density at radius 2 is 2.00 bits per heavy atom. The number of likely N-dealkylation sites (N-methyl/N-ethyl adjacent to an activating group) is 1. The zero-order valence-corrected chi connectivity index (χ0v) is 17.9. The van der Waals surface area contributed by atoms with E-state index in [2.05, 4.69) is 50.9 Å². The van der Waals surface area contributed by atoms with Gasteiger partial charge in [0.15, 0.2) is 11.5 Å². The highest BCUT2D eigenvalue weighted by atomic mass is 16.5. The third-order valence-electron chi connectivity index (χ3n) is 5.94. The lowest BCUT2D eigenvalue weighted by molar-refractivity contribution is 0.295. The van der Waals surface area contributed by atoms with Gasteiger partial charge >= 0.3 is 0 Å². The van der Waals surface area contributed by atoms with Crippen molar-refractivity contribution < 1.29 is 4.74 Å². The molecule has 0 saturated heterocycles.